The molecule has 0 spiro atoms. The van der Waals surface area contributed by atoms with Crippen molar-refractivity contribution in [1.29, 1.82) is 0 Å². The molecule has 0 aliphatic carbocycles. The summed E-state index contributed by atoms with van der Waals surface area (Å²) in [6, 6.07) is -0.858. The summed E-state index contributed by atoms with van der Waals surface area (Å²) in [7, 11) is 0. The number of carboxylic acid groups (broad SMARTS) is 1. The van der Waals surface area contributed by atoms with E-state index in [-0.39, 0.29) is 18.9 Å². The van der Waals surface area contributed by atoms with Gasteiger partial charge in [-0.25, -0.2) is 4.79 Å². The summed E-state index contributed by atoms with van der Waals surface area (Å²) in [4.78, 5) is 33.6. The van der Waals surface area contributed by atoms with Crippen LogP contribution in [-0.4, -0.2) is 29.1 Å². The van der Waals surface area contributed by atoms with Crippen molar-refractivity contribution in [2.45, 2.75) is 46.1 Å². The fourth-order valence-corrected chi connectivity index (χ4v) is 1.57. The van der Waals surface area contributed by atoms with Crippen molar-refractivity contribution >= 4 is 17.9 Å². The van der Waals surface area contributed by atoms with E-state index in [1.165, 1.54) is 0 Å². The summed E-state index contributed by atoms with van der Waals surface area (Å²) >= 11 is 0. The number of nitrogens with one attached hydrogen (secondary N) is 2. The number of terminal acetylenes is 1. The average Bonchev–Trinajstić information content (AvgIpc) is 2.12. The largest absolute Gasteiger partial charge is 0.481 e. The zero-order chi connectivity index (χ0) is 15.1. The Kier molecular flexibility index (Phi) is 6.62. The molecule has 0 heterocycles. The first-order valence-corrected chi connectivity index (χ1v) is 5.92. The minimum absolute atomic E-state index is 0.0454. The summed E-state index contributed by atoms with van der Waals surface area (Å²) in [5, 5.41) is 13.3. The Balaban J connectivity index is 4.21. The van der Waals surface area contributed by atoms with E-state index in [0.717, 1.165) is 0 Å². The number of imide groups is 1. The highest BCUT2D eigenvalue weighted by Crippen LogP contribution is 2.24. The number of urea groups is 1. The molecule has 0 bridgehead atoms. The van der Waals surface area contributed by atoms with E-state index in [4.69, 9.17) is 11.5 Å². The molecule has 6 nitrogen and oxygen atoms in total. The van der Waals surface area contributed by atoms with Gasteiger partial charge in [-0.15, -0.1) is 12.3 Å². The van der Waals surface area contributed by atoms with Gasteiger partial charge in [-0.2, -0.15) is 0 Å². The van der Waals surface area contributed by atoms with Crippen LogP contribution in [0.5, 0.6) is 0 Å². The van der Waals surface area contributed by atoms with Gasteiger partial charge in [0.15, 0.2) is 0 Å². The molecule has 106 valence electrons. The van der Waals surface area contributed by atoms with Crippen LogP contribution < -0.4 is 10.6 Å². The minimum Gasteiger partial charge on any atom is -0.481 e. The van der Waals surface area contributed by atoms with Crippen molar-refractivity contribution in [2.75, 3.05) is 0 Å². The van der Waals surface area contributed by atoms with E-state index >= 15 is 0 Å². The number of carbonyl (C=O) groups is 3. The molecular weight excluding hydrogens is 248 g/mol. The molecular formula is C13H20N2O4. The lowest BCUT2D eigenvalue weighted by atomic mass is 9.85. The summed E-state index contributed by atoms with van der Waals surface area (Å²) in [6.45, 7) is 5.03. The molecule has 19 heavy (non-hydrogen) atoms. The van der Waals surface area contributed by atoms with Crippen molar-refractivity contribution in [3.8, 4) is 12.3 Å². The Morgan fingerprint density at radius 1 is 1.32 bits per heavy atom. The average molecular weight is 268 g/mol. The molecule has 0 radical (unpaired) electrons. The third kappa shape index (κ3) is 8.66. The Hall–Kier alpha value is -2.03. The summed E-state index contributed by atoms with van der Waals surface area (Å²) < 4.78 is 0. The Labute approximate surface area is 112 Å². The summed E-state index contributed by atoms with van der Waals surface area (Å²) in [6.07, 6.45) is 5.27. The molecule has 1 atom stereocenters. The van der Waals surface area contributed by atoms with Crippen molar-refractivity contribution in [3.63, 3.8) is 0 Å². The number of aliphatic carboxylic acids is 1. The number of carbonyl (C=O) groups excluding carboxylic acids is 2. The topological polar surface area (TPSA) is 95.5 Å². The first-order chi connectivity index (χ1) is 8.66. The molecule has 0 aliphatic rings. The van der Waals surface area contributed by atoms with Crippen molar-refractivity contribution in [3.05, 3.63) is 0 Å². The van der Waals surface area contributed by atoms with Crippen LogP contribution in [0.4, 0.5) is 4.79 Å². The molecule has 0 aromatic heterocycles. The van der Waals surface area contributed by atoms with Gasteiger partial charge in [0.05, 0.1) is 6.42 Å². The maximum Gasteiger partial charge on any atom is 0.321 e. The van der Waals surface area contributed by atoms with Crippen LogP contribution in [0.15, 0.2) is 0 Å². The highest BCUT2D eigenvalue weighted by atomic mass is 16.4. The monoisotopic (exact) mass is 268 g/mol. The number of hydrogen-bond acceptors (Lipinski definition) is 3. The van der Waals surface area contributed by atoms with Gasteiger partial charge in [0, 0.05) is 18.9 Å². The van der Waals surface area contributed by atoms with E-state index in [9.17, 15) is 14.4 Å². The van der Waals surface area contributed by atoms with Gasteiger partial charge in [-0.05, 0) is 12.3 Å². The molecule has 0 aromatic rings. The predicted octanol–water partition coefficient (Wildman–Crippen LogP) is 1.11. The summed E-state index contributed by atoms with van der Waals surface area (Å²) in [5.41, 5.74) is -0.708. The normalized spacial score (nSPS) is 12.1. The molecule has 0 fully saturated rings. The van der Waals surface area contributed by atoms with E-state index in [2.05, 4.69) is 16.6 Å². The second-order valence-electron chi connectivity index (χ2n) is 5.24. The molecule has 0 aromatic carbocycles. The summed E-state index contributed by atoms with van der Waals surface area (Å²) in [5.74, 6) is 0.895. The van der Waals surface area contributed by atoms with E-state index in [1.807, 2.05) is 0 Å². The van der Waals surface area contributed by atoms with Crippen LogP contribution in [0.2, 0.25) is 0 Å². The smallest absolute Gasteiger partial charge is 0.321 e. The van der Waals surface area contributed by atoms with Crippen LogP contribution >= 0.6 is 0 Å². The number of carboxylic acids is 1. The van der Waals surface area contributed by atoms with Gasteiger partial charge in [-0.3, -0.25) is 14.9 Å². The second-order valence-corrected chi connectivity index (χ2v) is 5.24. The van der Waals surface area contributed by atoms with Crippen molar-refractivity contribution < 1.29 is 19.5 Å². The third-order valence-corrected chi connectivity index (χ3v) is 2.32. The number of rotatable bonds is 6. The van der Waals surface area contributed by atoms with Crippen LogP contribution in [0, 0.1) is 17.8 Å². The minimum atomic E-state index is -0.982. The molecule has 3 amide bonds. The number of hydrogen-bond donors (Lipinski definition) is 3. The Bertz CT molecular complexity index is 396. The molecule has 1 unspecified atom stereocenters. The van der Waals surface area contributed by atoms with E-state index < -0.39 is 23.3 Å². The molecule has 3 N–H and O–H groups in total. The highest BCUT2D eigenvalue weighted by molar-refractivity contribution is 5.94. The van der Waals surface area contributed by atoms with Crippen molar-refractivity contribution in [2.24, 2.45) is 5.41 Å². The number of amides is 3. The zero-order valence-corrected chi connectivity index (χ0v) is 11.4. The Morgan fingerprint density at radius 3 is 2.37 bits per heavy atom. The molecule has 0 saturated carbocycles. The SMILES string of the molecule is C#CCC(C)NC(=O)NC(=O)CC(C)(C)CC(=O)O. The lowest BCUT2D eigenvalue weighted by molar-refractivity contribution is -0.139. The van der Waals surface area contributed by atoms with E-state index in [1.54, 1.807) is 20.8 Å². The van der Waals surface area contributed by atoms with Crippen molar-refractivity contribution in [1.82, 2.24) is 10.6 Å². The van der Waals surface area contributed by atoms with Gasteiger partial charge in [0.25, 0.3) is 0 Å². The van der Waals surface area contributed by atoms with E-state index in [0.29, 0.717) is 6.42 Å². The third-order valence-electron chi connectivity index (χ3n) is 2.32. The van der Waals surface area contributed by atoms with Gasteiger partial charge < -0.3 is 10.4 Å². The first-order valence-electron chi connectivity index (χ1n) is 5.92. The lowest BCUT2D eigenvalue weighted by Gasteiger charge is -2.21. The molecule has 0 rings (SSSR count). The second kappa shape index (κ2) is 7.41. The quantitative estimate of drug-likeness (QED) is 0.629. The van der Waals surface area contributed by atoms with Crippen LogP contribution in [0.25, 0.3) is 0 Å². The standard InChI is InChI=1S/C13H20N2O4/c1-5-6-9(2)14-12(19)15-10(16)7-13(3,4)8-11(17)18/h1,9H,6-8H2,2-4H3,(H,17,18)(H2,14,15,16,19). The lowest BCUT2D eigenvalue weighted by Crippen LogP contribution is -2.44. The zero-order valence-electron chi connectivity index (χ0n) is 11.4. The first kappa shape index (κ1) is 17.0. The van der Waals surface area contributed by atoms with Gasteiger partial charge in [0.2, 0.25) is 5.91 Å². The van der Waals surface area contributed by atoms with Crippen LogP contribution in [0.1, 0.15) is 40.0 Å². The van der Waals surface area contributed by atoms with Crippen LogP contribution in [-0.2, 0) is 9.59 Å². The van der Waals surface area contributed by atoms with Gasteiger partial charge in [0.1, 0.15) is 0 Å². The maximum absolute atomic E-state index is 11.6. The highest BCUT2D eigenvalue weighted by Gasteiger charge is 2.26. The van der Waals surface area contributed by atoms with Gasteiger partial charge in [-0.1, -0.05) is 13.8 Å². The Morgan fingerprint density at radius 2 is 1.89 bits per heavy atom. The fraction of sp³-hybridized carbons (Fsp3) is 0.615. The molecule has 0 aliphatic heterocycles. The molecule has 0 saturated heterocycles. The van der Waals surface area contributed by atoms with Crippen LogP contribution in [0.3, 0.4) is 0 Å². The molecule has 6 heteroatoms. The fourth-order valence-electron chi connectivity index (χ4n) is 1.57. The van der Waals surface area contributed by atoms with Gasteiger partial charge >= 0.3 is 12.0 Å². The maximum atomic E-state index is 11.6. The predicted molar refractivity (Wildman–Crippen MR) is 70.2 cm³/mol.